The number of imidazole rings is 1. The molecule has 0 spiro atoms. The molecular weight excluding hydrogens is 439 g/mol. The number of benzene rings is 1. The molecule has 160 valence electrons. The van der Waals surface area contributed by atoms with Crippen LogP contribution in [0.1, 0.15) is 25.7 Å². The Kier molecular flexibility index (Phi) is 4.98. The summed E-state index contributed by atoms with van der Waals surface area (Å²) in [6.07, 6.45) is 1.54. The van der Waals surface area contributed by atoms with Crippen LogP contribution in [-0.4, -0.2) is 48.8 Å². The van der Waals surface area contributed by atoms with Gasteiger partial charge in [-0.05, 0) is 32.9 Å². The van der Waals surface area contributed by atoms with Crippen molar-refractivity contribution in [2.24, 2.45) is 0 Å². The summed E-state index contributed by atoms with van der Waals surface area (Å²) in [5, 5.41) is 12.5. The van der Waals surface area contributed by atoms with Gasteiger partial charge in [-0.1, -0.05) is 22.9 Å². The maximum atomic E-state index is 14.9. The fourth-order valence-corrected chi connectivity index (χ4v) is 4.69. The first-order chi connectivity index (χ1) is 14.9. The third-order valence-corrected chi connectivity index (χ3v) is 6.32. The van der Waals surface area contributed by atoms with Crippen molar-refractivity contribution in [3.63, 3.8) is 0 Å². The van der Waals surface area contributed by atoms with Crippen molar-refractivity contribution in [3.8, 4) is 11.3 Å². The Balaban J connectivity index is 1.44. The molecule has 0 saturated carbocycles. The molecule has 11 heteroatoms. The minimum absolute atomic E-state index is 0.146. The number of hydrogen-bond donors (Lipinski definition) is 1. The summed E-state index contributed by atoms with van der Waals surface area (Å²) >= 11 is 7.91. The minimum atomic E-state index is -0.397. The van der Waals surface area contributed by atoms with Gasteiger partial charge in [0.15, 0.2) is 5.82 Å². The monoisotopic (exact) mass is 458 g/mol. The summed E-state index contributed by atoms with van der Waals surface area (Å²) < 4.78 is 16.9. The highest BCUT2D eigenvalue weighted by molar-refractivity contribution is 7.13. The Labute approximate surface area is 187 Å². The normalized spacial score (nSPS) is 14.5. The van der Waals surface area contributed by atoms with Crippen LogP contribution >= 0.6 is 22.9 Å². The van der Waals surface area contributed by atoms with Crippen LogP contribution in [-0.2, 0) is 0 Å². The Morgan fingerprint density at radius 2 is 2.06 bits per heavy atom. The topological polar surface area (TPSA) is 84.7 Å². The van der Waals surface area contributed by atoms with Crippen LogP contribution < -0.4 is 10.2 Å². The number of hydrogen-bond acceptors (Lipinski definition) is 8. The Morgan fingerprint density at radius 1 is 1.26 bits per heavy atom. The molecule has 0 aliphatic carbocycles. The molecule has 4 aromatic rings. The van der Waals surface area contributed by atoms with E-state index in [1.54, 1.807) is 11.7 Å². The molecule has 1 aliphatic heterocycles. The van der Waals surface area contributed by atoms with Crippen LogP contribution in [0, 0.1) is 12.7 Å². The lowest BCUT2D eigenvalue weighted by Crippen LogP contribution is -2.55. The van der Waals surface area contributed by atoms with Gasteiger partial charge in [-0.2, -0.15) is 0 Å². The maximum absolute atomic E-state index is 14.9. The average Bonchev–Trinajstić information content (AvgIpc) is 3.33. The van der Waals surface area contributed by atoms with Crippen molar-refractivity contribution in [1.29, 1.82) is 0 Å². The molecule has 31 heavy (non-hydrogen) atoms. The van der Waals surface area contributed by atoms with Gasteiger partial charge >= 0.3 is 0 Å². The van der Waals surface area contributed by atoms with Gasteiger partial charge in [0.05, 0.1) is 28.5 Å². The summed E-state index contributed by atoms with van der Waals surface area (Å²) in [6.45, 7) is 7.53. The van der Waals surface area contributed by atoms with Crippen LogP contribution in [0.15, 0.2) is 23.8 Å². The fraction of sp³-hybridized carbons (Fsp3) is 0.350. The number of halogens is 2. The molecule has 0 bridgehead atoms. The first kappa shape index (κ1) is 20.1. The van der Waals surface area contributed by atoms with Crippen LogP contribution in [0.4, 0.5) is 15.5 Å². The van der Waals surface area contributed by atoms with Crippen molar-refractivity contribution in [2.75, 3.05) is 23.3 Å². The Bertz CT molecular complexity index is 1250. The molecule has 4 heterocycles. The smallest absolute Gasteiger partial charge is 0.223 e. The molecule has 1 saturated heterocycles. The van der Waals surface area contributed by atoms with Gasteiger partial charge in [0.2, 0.25) is 11.1 Å². The van der Waals surface area contributed by atoms with E-state index >= 15 is 0 Å². The van der Waals surface area contributed by atoms with Gasteiger partial charge < -0.3 is 14.8 Å². The van der Waals surface area contributed by atoms with E-state index in [1.165, 1.54) is 17.4 Å². The van der Waals surface area contributed by atoms with Crippen LogP contribution in [0.5, 0.6) is 0 Å². The third-order valence-electron chi connectivity index (χ3n) is 5.29. The summed E-state index contributed by atoms with van der Waals surface area (Å²) in [6, 6.07) is 3.64. The lowest BCUT2D eigenvalue weighted by atomic mass is 10.1. The second-order valence-electron chi connectivity index (χ2n) is 7.81. The molecule has 8 nitrogen and oxygen atoms in total. The summed E-state index contributed by atoms with van der Waals surface area (Å²) in [5.74, 6) is 0.823. The van der Waals surface area contributed by atoms with Crippen molar-refractivity contribution in [3.05, 3.63) is 40.5 Å². The molecule has 1 aromatic carbocycles. The highest BCUT2D eigenvalue weighted by atomic mass is 35.5. The molecule has 3 aromatic heterocycles. The molecular formula is C20H20ClFN8S. The SMILES string of the molecule is Cc1nc2c(F)cc(-c3nc(NC4CN(c5nncs5)C4)ncc3Cl)cc2n1C(C)C. The molecule has 0 amide bonds. The number of nitrogens with one attached hydrogen (secondary N) is 1. The van der Waals surface area contributed by atoms with Gasteiger partial charge in [-0.15, -0.1) is 10.2 Å². The summed E-state index contributed by atoms with van der Waals surface area (Å²) in [5.41, 5.74) is 3.86. The number of nitrogens with zero attached hydrogens (tertiary/aromatic N) is 7. The lowest BCUT2D eigenvalue weighted by molar-refractivity contribution is 0.544. The van der Waals surface area contributed by atoms with E-state index in [1.807, 2.05) is 31.4 Å². The number of aromatic nitrogens is 6. The summed E-state index contributed by atoms with van der Waals surface area (Å²) in [4.78, 5) is 15.4. The van der Waals surface area contributed by atoms with Crippen LogP contribution in [0.25, 0.3) is 22.3 Å². The number of anilines is 2. The van der Waals surface area contributed by atoms with Crippen molar-refractivity contribution < 1.29 is 4.39 Å². The number of fused-ring (bicyclic) bond motifs is 1. The van der Waals surface area contributed by atoms with Gasteiger partial charge in [-0.3, -0.25) is 0 Å². The second-order valence-corrected chi connectivity index (χ2v) is 9.03. The molecule has 0 atom stereocenters. The van der Waals surface area contributed by atoms with E-state index < -0.39 is 5.82 Å². The molecule has 5 rings (SSSR count). The van der Waals surface area contributed by atoms with Crippen LogP contribution in [0.2, 0.25) is 5.02 Å². The summed E-state index contributed by atoms with van der Waals surface area (Å²) in [7, 11) is 0. The first-order valence-corrected chi connectivity index (χ1v) is 11.1. The maximum Gasteiger partial charge on any atom is 0.223 e. The standard InChI is InChI=1S/C20H20ClFN8S/c1-10(2)30-11(3)25-18-15(22)4-12(5-16(18)30)17-14(21)6-23-19(27-17)26-13-7-29(8-13)20-28-24-9-31-20/h4-6,9-10,13H,7-8H2,1-3H3,(H,23,26,27). The predicted molar refractivity (Wildman–Crippen MR) is 120 cm³/mol. The van der Waals surface area contributed by atoms with Gasteiger partial charge in [0, 0.05) is 24.7 Å². The second kappa shape index (κ2) is 7.69. The highest BCUT2D eigenvalue weighted by Gasteiger charge is 2.29. The van der Waals surface area contributed by atoms with Gasteiger partial charge in [0.25, 0.3) is 0 Å². The highest BCUT2D eigenvalue weighted by Crippen LogP contribution is 2.32. The third kappa shape index (κ3) is 3.59. The van der Waals surface area contributed by atoms with E-state index in [9.17, 15) is 4.39 Å². The zero-order chi connectivity index (χ0) is 21.7. The number of rotatable bonds is 5. The molecule has 1 aliphatic rings. The molecule has 0 radical (unpaired) electrons. The van der Waals surface area contributed by atoms with E-state index in [0.717, 1.165) is 29.6 Å². The number of aryl methyl sites for hydroxylation is 1. The Hall–Kier alpha value is -2.85. The largest absolute Gasteiger partial charge is 0.348 e. The van der Waals surface area contributed by atoms with Gasteiger partial charge in [-0.25, -0.2) is 19.3 Å². The first-order valence-electron chi connectivity index (χ1n) is 9.89. The lowest BCUT2D eigenvalue weighted by Gasteiger charge is -2.39. The molecule has 1 N–H and O–H groups in total. The van der Waals surface area contributed by atoms with E-state index in [-0.39, 0.29) is 12.1 Å². The van der Waals surface area contributed by atoms with Crippen LogP contribution in [0.3, 0.4) is 0 Å². The average molecular weight is 459 g/mol. The molecule has 0 unspecified atom stereocenters. The van der Waals surface area contributed by atoms with Crippen molar-refractivity contribution in [1.82, 2.24) is 29.7 Å². The Morgan fingerprint density at radius 3 is 2.77 bits per heavy atom. The van der Waals surface area contributed by atoms with Gasteiger partial charge in [0.1, 0.15) is 16.9 Å². The van der Waals surface area contributed by atoms with Crippen molar-refractivity contribution >= 4 is 45.1 Å². The molecule has 1 fully saturated rings. The predicted octanol–water partition coefficient (Wildman–Crippen LogP) is 4.33. The fourth-order valence-electron chi connectivity index (χ4n) is 3.91. The minimum Gasteiger partial charge on any atom is -0.348 e. The van der Waals surface area contributed by atoms with E-state index in [4.69, 9.17) is 11.6 Å². The quantitative estimate of drug-likeness (QED) is 0.476. The van der Waals surface area contributed by atoms with Crippen molar-refractivity contribution in [2.45, 2.75) is 32.9 Å². The van der Waals surface area contributed by atoms with E-state index in [0.29, 0.717) is 27.7 Å². The zero-order valence-corrected chi connectivity index (χ0v) is 18.7. The van der Waals surface area contributed by atoms with E-state index in [2.05, 4.69) is 35.4 Å². The zero-order valence-electron chi connectivity index (χ0n) is 17.2.